The summed E-state index contributed by atoms with van der Waals surface area (Å²) in [6, 6.07) is 5.67. The number of esters is 1. The highest BCUT2D eigenvalue weighted by molar-refractivity contribution is 6.05. The van der Waals surface area contributed by atoms with E-state index in [0.29, 0.717) is 5.56 Å². The number of aromatic nitrogens is 1. The Kier molecular flexibility index (Phi) is 3.47. The Morgan fingerprint density at radius 2 is 2.24 bits per heavy atom. The third kappa shape index (κ3) is 2.18. The Morgan fingerprint density at radius 1 is 1.41 bits per heavy atom. The van der Waals surface area contributed by atoms with Gasteiger partial charge in [0.1, 0.15) is 0 Å². The van der Waals surface area contributed by atoms with Crippen molar-refractivity contribution in [3.05, 3.63) is 35.5 Å². The van der Waals surface area contributed by atoms with E-state index in [2.05, 4.69) is 11.9 Å². The lowest BCUT2D eigenvalue weighted by Gasteiger charge is -2.04. The molecule has 3 nitrogen and oxygen atoms in total. The first kappa shape index (κ1) is 11.7. The Labute approximate surface area is 101 Å². The lowest BCUT2D eigenvalue weighted by Crippen LogP contribution is -2.02. The standard InChI is InChI=1S/C14H17NO2/c1-3-4-6-10-9-15-12-8-5-7-11(13(10)12)14(16)17-2/h5,7-9,15H,3-4,6H2,1-2H3. The molecule has 2 aromatic rings. The molecule has 0 unspecified atom stereocenters. The second-order valence-corrected chi connectivity index (χ2v) is 4.14. The van der Waals surface area contributed by atoms with Crippen molar-refractivity contribution in [1.82, 2.24) is 4.98 Å². The van der Waals surface area contributed by atoms with E-state index >= 15 is 0 Å². The summed E-state index contributed by atoms with van der Waals surface area (Å²) in [5, 5.41) is 1.01. The number of unbranched alkanes of at least 4 members (excludes halogenated alkanes) is 1. The molecule has 0 fully saturated rings. The molecule has 1 aromatic carbocycles. The summed E-state index contributed by atoms with van der Waals surface area (Å²) in [7, 11) is 1.42. The van der Waals surface area contributed by atoms with Crippen LogP contribution >= 0.6 is 0 Å². The number of carbonyl (C=O) groups is 1. The smallest absolute Gasteiger partial charge is 0.338 e. The highest BCUT2D eigenvalue weighted by Gasteiger charge is 2.14. The van der Waals surface area contributed by atoms with E-state index in [-0.39, 0.29) is 5.97 Å². The SMILES string of the molecule is CCCCc1c[nH]c2cccc(C(=O)OC)c12. The van der Waals surface area contributed by atoms with Crippen molar-refractivity contribution in [2.75, 3.05) is 7.11 Å². The molecule has 0 saturated heterocycles. The summed E-state index contributed by atoms with van der Waals surface area (Å²) in [4.78, 5) is 14.9. The first-order valence-electron chi connectivity index (χ1n) is 5.95. The van der Waals surface area contributed by atoms with Crippen LogP contribution in [0.25, 0.3) is 10.9 Å². The van der Waals surface area contributed by atoms with Gasteiger partial charge in [-0.15, -0.1) is 0 Å². The highest BCUT2D eigenvalue weighted by Crippen LogP contribution is 2.24. The number of ether oxygens (including phenoxy) is 1. The van der Waals surface area contributed by atoms with E-state index in [9.17, 15) is 4.79 Å². The molecular formula is C14H17NO2. The quantitative estimate of drug-likeness (QED) is 0.820. The highest BCUT2D eigenvalue weighted by atomic mass is 16.5. The van der Waals surface area contributed by atoms with E-state index in [4.69, 9.17) is 4.74 Å². The summed E-state index contributed by atoms with van der Waals surface area (Å²) in [6.07, 6.45) is 5.26. The minimum Gasteiger partial charge on any atom is -0.465 e. The van der Waals surface area contributed by atoms with Gasteiger partial charge in [-0.3, -0.25) is 0 Å². The molecule has 90 valence electrons. The van der Waals surface area contributed by atoms with Gasteiger partial charge in [-0.25, -0.2) is 4.79 Å². The van der Waals surface area contributed by atoms with Crippen LogP contribution in [0.2, 0.25) is 0 Å². The molecule has 0 bridgehead atoms. The van der Waals surface area contributed by atoms with Crippen molar-refractivity contribution in [3.8, 4) is 0 Å². The minimum atomic E-state index is -0.270. The van der Waals surface area contributed by atoms with Crippen molar-refractivity contribution < 1.29 is 9.53 Å². The molecule has 0 aliphatic rings. The van der Waals surface area contributed by atoms with Crippen LogP contribution in [0.5, 0.6) is 0 Å². The van der Waals surface area contributed by atoms with Gasteiger partial charge in [0.25, 0.3) is 0 Å². The number of methoxy groups -OCH3 is 1. The second kappa shape index (κ2) is 5.04. The molecule has 0 amide bonds. The van der Waals surface area contributed by atoms with Crippen LogP contribution in [0.3, 0.4) is 0 Å². The van der Waals surface area contributed by atoms with Gasteiger partial charge < -0.3 is 9.72 Å². The Morgan fingerprint density at radius 3 is 2.94 bits per heavy atom. The third-order valence-corrected chi connectivity index (χ3v) is 2.99. The number of H-pyrrole nitrogens is 1. The van der Waals surface area contributed by atoms with Crippen LogP contribution in [0.15, 0.2) is 24.4 Å². The third-order valence-electron chi connectivity index (χ3n) is 2.99. The zero-order valence-corrected chi connectivity index (χ0v) is 10.2. The van der Waals surface area contributed by atoms with Crippen LogP contribution in [0.4, 0.5) is 0 Å². The monoisotopic (exact) mass is 231 g/mol. The van der Waals surface area contributed by atoms with E-state index in [1.54, 1.807) is 0 Å². The molecule has 0 atom stereocenters. The molecule has 0 radical (unpaired) electrons. The lowest BCUT2D eigenvalue weighted by atomic mass is 10.0. The van der Waals surface area contributed by atoms with Gasteiger partial charge in [-0.05, 0) is 30.5 Å². The van der Waals surface area contributed by atoms with Crippen molar-refractivity contribution in [3.63, 3.8) is 0 Å². The Hall–Kier alpha value is -1.77. The average molecular weight is 231 g/mol. The van der Waals surface area contributed by atoms with E-state index in [1.807, 2.05) is 24.4 Å². The fraction of sp³-hybridized carbons (Fsp3) is 0.357. The summed E-state index contributed by atoms with van der Waals surface area (Å²) in [5.41, 5.74) is 2.85. The molecular weight excluding hydrogens is 214 g/mol. The van der Waals surface area contributed by atoms with Gasteiger partial charge in [0.15, 0.2) is 0 Å². The number of fused-ring (bicyclic) bond motifs is 1. The minimum absolute atomic E-state index is 0.270. The second-order valence-electron chi connectivity index (χ2n) is 4.14. The summed E-state index contributed by atoms with van der Waals surface area (Å²) in [6.45, 7) is 2.16. The summed E-state index contributed by atoms with van der Waals surface area (Å²) in [5.74, 6) is -0.270. The molecule has 17 heavy (non-hydrogen) atoms. The maximum Gasteiger partial charge on any atom is 0.338 e. The van der Waals surface area contributed by atoms with Crippen molar-refractivity contribution >= 4 is 16.9 Å². The average Bonchev–Trinajstić information content (AvgIpc) is 2.78. The van der Waals surface area contributed by atoms with Gasteiger partial charge in [0.05, 0.1) is 12.7 Å². The number of benzene rings is 1. The predicted octanol–water partition coefficient (Wildman–Crippen LogP) is 3.30. The van der Waals surface area contributed by atoms with Crippen LogP contribution in [0.1, 0.15) is 35.7 Å². The van der Waals surface area contributed by atoms with E-state index < -0.39 is 0 Å². The van der Waals surface area contributed by atoms with Gasteiger partial charge in [0.2, 0.25) is 0 Å². The van der Waals surface area contributed by atoms with Gasteiger partial charge in [0, 0.05) is 17.1 Å². The molecule has 0 aliphatic heterocycles. The van der Waals surface area contributed by atoms with Gasteiger partial charge in [-0.2, -0.15) is 0 Å². The Bertz CT molecular complexity index is 528. The van der Waals surface area contributed by atoms with Crippen molar-refractivity contribution in [2.24, 2.45) is 0 Å². The number of hydrogen-bond acceptors (Lipinski definition) is 2. The van der Waals surface area contributed by atoms with Crippen molar-refractivity contribution in [2.45, 2.75) is 26.2 Å². The maximum absolute atomic E-state index is 11.7. The predicted molar refractivity (Wildman–Crippen MR) is 68.3 cm³/mol. The maximum atomic E-state index is 11.7. The molecule has 1 heterocycles. The molecule has 3 heteroatoms. The fourth-order valence-electron chi connectivity index (χ4n) is 2.10. The molecule has 1 N–H and O–H groups in total. The van der Waals surface area contributed by atoms with Crippen LogP contribution in [-0.4, -0.2) is 18.1 Å². The normalized spacial score (nSPS) is 10.7. The Balaban J connectivity index is 2.51. The molecule has 2 rings (SSSR count). The lowest BCUT2D eigenvalue weighted by molar-refractivity contribution is 0.0603. The van der Waals surface area contributed by atoms with Gasteiger partial charge >= 0.3 is 5.97 Å². The number of carbonyl (C=O) groups excluding carboxylic acids is 1. The van der Waals surface area contributed by atoms with Gasteiger partial charge in [-0.1, -0.05) is 19.4 Å². The molecule has 0 spiro atoms. The largest absolute Gasteiger partial charge is 0.465 e. The first-order chi connectivity index (χ1) is 8.27. The molecule has 0 saturated carbocycles. The number of nitrogens with one attached hydrogen (secondary N) is 1. The van der Waals surface area contributed by atoms with Crippen LogP contribution in [0, 0.1) is 0 Å². The van der Waals surface area contributed by atoms with Crippen molar-refractivity contribution in [1.29, 1.82) is 0 Å². The first-order valence-corrected chi connectivity index (χ1v) is 5.95. The van der Waals surface area contributed by atoms with E-state index in [0.717, 1.165) is 30.2 Å². The van der Waals surface area contributed by atoms with Crippen LogP contribution < -0.4 is 0 Å². The number of aryl methyl sites for hydroxylation is 1. The zero-order chi connectivity index (χ0) is 12.3. The van der Waals surface area contributed by atoms with E-state index in [1.165, 1.54) is 12.7 Å². The van der Waals surface area contributed by atoms with Crippen LogP contribution in [-0.2, 0) is 11.2 Å². The molecule has 0 aliphatic carbocycles. The number of hydrogen-bond donors (Lipinski definition) is 1. The topological polar surface area (TPSA) is 42.1 Å². The summed E-state index contributed by atoms with van der Waals surface area (Å²) < 4.78 is 4.82. The number of rotatable bonds is 4. The molecule has 1 aromatic heterocycles. The fourth-order valence-corrected chi connectivity index (χ4v) is 2.10. The summed E-state index contributed by atoms with van der Waals surface area (Å²) >= 11 is 0. The zero-order valence-electron chi connectivity index (χ0n) is 10.2. The number of aromatic amines is 1.